The number of hydrogen-bond acceptors (Lipinski definition) is 3. The lowest BCUT2D eigenvalue weighted by atomic mass is 9.58. The Morgan fingerprint density at radius 1 is 1.19 bits per heavy atom. The van der Waals surface area contributed by atoms with Crippen molar-refractivity contribution < 1.29 is 15.3 Å². The van der Waals surface area contributed by atoms with Crippen molar-refractivity contribution in [2.75, 3.05) is 0 Å². The zero-order chi connectivity index (χ0) is 23.5. The summed E-state index contributed by atoms with van der Waals surface area (Å²) in [7, 11) is 0. The van der Waals surface area contributed by atoms with Crippen molar-refractivity contribution in [3.63, 3.8) is 0 Å². The molecule has 0 aromatic rings. The maximum absolute atomic E-state index is 10.3. The van der Waals surface area contributed by atoms with E-state index >= 15 is 0 Å². The molecule has 0 unspecified atom stereocenters. The van der Waals surface area contributed by atoms with Gasteiger partial charge >= 0.3 is 0 Å². The van der Waals surface area contributed by atoms with E-state index in [9.17, 15) is 15.3 Å². The van der Waals surface area contributed by atoms with E-state index in [1.807, 2.05) is 20.8 Å². The summed E-state index contributed by atoms with van der Waals surface area (Å²) < 4.78 is 0. The molecule has 0 aliphatic heterocycles. The topological polar surface area (TPSA) is 60.7 Å². The molecule has 32 heavy (non-hydrogen) atoms. The molecular weight excluding hydrogens is 396 g/mol. The molecule has 180 valence electrons. The number of allylic oxidation sites excluding steroid dienone is 7. The van der Waals surface area contributed by atoms with Crippen LogP contribution in [0, 0.1) is 23.2 Å². The monoisotopic (exact) mass is 442 g/mol. The van der Waals surface area contributed by atoms with Crippen LogP contribution in [0.2, 0.25) is 0 Å². The fourth-order valence-corrected chi connectivity index (χ4v) is 6.28. The minimum absolute atomic E-state index is 0.0460. The summed E-state index contributed by atoms with van der Waals surface area (Å²) >= 11 is 0. The van der Waals surface area contributed by atoms with Gasteiger partial charge in [-0.25, -0.2) is 0 Å². The minimum atomic E-state index is -0.587. The Labute approximate surface area is 196 Å². The standard InChI is InChI=1S/C29H46O3/c1-20(10-8-16-28(3,4)32)24-12-6-7-13-25-23(11-9-17-29(24,25)5)15-14-22-18-26(30)21(2)27(31)19-22/h6-7,12,14-15,20-21,25-27,30-32H,8-11,13,16-19H2,1-5H3/b22-14?,23-15+/t20-,21?,25+,26-,27-,29-/m1/s1. The predicted octanol–water partition coefficient (Wildman–Crippen LogP) is 6.26. The molecular formula is C29H46O3. The Morgan fingerprint density at radius 2 is 1.88 bits per heavy atom. The maximum Gasteiger partial charge on any atom is 0.0627 e. The molecule has 3 aliphatic carbocycles. The van der Waals surface area contributed by atoms with Crippen molar-refractivity contribution in [2.45, 2.75) is 110 Å². The van der Waals surface area contributed by atoms with Crippen molar-refractivity contribution in [3.8, 4) is 0 Å². The number of rotatable bonds is 6. The van der Waals surface area contributed by atoms with Gasteiger partial charge in [-0.1, -0.05) is 74.3 Å². The molecule has 0 heterocycles. The van der Waals surface area contributed by atoms with Gasteiger partial charge in [-0.3, -0.25) is 0 Å². The number of aliphatic hydroxyl groups excluding tert-OH is 2. The first-order valence-corrected chi connectivity index (χ1v) is 12.9. The van der Waals surface area contributed by atoms with Crippen LogP contribution in [0.4, 0.5) is 0 Å². The molecule has 3 N–H and O–H groups in total. The van der Waals surface area contributed by atoms with Gasteiger partial charge in [0.2, 0.25) is 0 Å². The predicted molar refractivity (Wildman–Crippen MR) is 133 cm³/mol. The van der Waals surface area contributed by atoms with Crippen molar-refractivity contribution in [1.29, 1.82) is 0 Å². The summed E-state index contributed by atoms with van der Waals surface area (Å²) in [6.45, 7) is 10.6. The quantitative estimate of drug-likeness (QED) is 0.455. The van der Waals surface area contributed by atoms with E-state index in [0.717, 1.165) is 32.1 Å². The van der Waals surface area contributed by atoms with E-state index in [-0.39, 0.29) is 11.3 Å². The Morgan fingerprint density at radius 3 is 2.53 bits per heavy atom. The summed E-state index contributed by atoms with van der Waals surface area (Å²) in [5.74, 6) is 0.970. The molecule has 5 atom stereocenters. The van der Waals surface area contributed by atoms with E-state index in [1.54, 1.807) is 5.57 Å². The van der Waals surface area contributed by atoms with Crippen LogP contribution < -0.4 is 0 Å². The van der Waals surface area contributed by atoms with Gasteiger partial charge in [0.1, 0.15) is 0 Å². The van der Waals surface area contributed by atoms with Gasteiger partial charge in [-0.05, 0) is 82.5 Å². The van der Waals surface area contributed by atoms with Crippen molar-refractivity contribution in [1.82, 2.24) is 0 Å². The van der Waals surface area contributed by atoms with Gasteiger partial charge in [0.05, 0.1) is 17.8 Å². The molecule has 3 nitrogen and oxygen atoms in total. The van der Waals surface area contributed by atoms with Gasteiger partial charge < -0.3 is 15.3 Å². The van der Waals surface area contributed by atoms with Crippen LogP contribution in [-0.4, -0.2) is 33.1 Å². The second-order valence-corrected chi connectivity index (χ2v) is 11.7. The van der Waals surface area contributed by atoms with Gasteiger partial charge in [0.15, 0.2) is 0 Å². The Bertz CT molecular complexity index is 752. The summed E-state index contributed by atoms with van der Waals surface area (Å²) in [5, 5.41) is 30.7. The molecule has 2 fully saturated rings. The van der Waals surface area contributed by atoms with Crippen LogP contribution in [0.1, 0.15) is 92.4 Å². The average Bonchev–Trinajstić information content (AvgIpc) is 2.88. The van der Waals surface area contributed by atoms with E-state index < -0.39 is 17.8 Å². The summed E-state index contributed by atoms with van der Waals surface area (Å²) in [4.78, 5) is 0. The number of fused-ring (bicyclic) bond motifs is 1. The third-order valence-electron chi connectivity index (χ3n) is 8.47. The highest BCUT2D eigenvalue weighted by atomic mass is 16.3. The molecule has 0 radical (unpaired) electrons. The molecule has 0 amide bonds. The van der Waals surface area contributed by atoms with Crippen LogP contribution in [-0.2, 0) is 0 Å². The normalized spacial score (nSPS) is 35.8. The Balaban J connectivity index is 1.78. The molecule has 0 bridgehead atoms. The fraction of sp³-hybridized carbons (Fsp3) is 0.724. The molecule has 2 saturated carbocycles. The number of aliphatic hydroxyl groups is 3. The van der Waals surface area contributed by atoms with Crippen molar-refractivity contribution in [2.24, 2.45) is 23.2 Å². The van der Waals surface area contributed by atoms with Gasteiger partial charge in [-0.15, -0.1) is 0 Å². The highest BCUT2D eigenvalue weighted by Gasteiger charge is 2.43. The smallest absolute Gasteiger partial charge is 0.0627 e. The Hall–Kier alpha value is -1.16. The second-order valence-electron chi connectivity index (χ2n) is 11.7. The zero-order valence-corrected chi connectivity index (χ0v) is 21.0. The molecule has 3 aliphatic rings. The summed E-state index contributed by atoms with van der Waals surface area (Å²) in [6, 6.07) is 0. The number of hydrogen-bond donors (Lipinski definition) is 3. The third-order valence-corrected chi connectivity index (χ3v) is 8.47. The minimum Gasteiger partial charge on any atom is -0.392 e. The first-order valence-electron chi connectivity index (χ1n) is 12.9. The highest BCUT2D eigenvalue weighted by Crippen LogP contribution is 2.54. The second kappa shape index (κ2) is 10.4. The SMILES string of the molecule is CC1[C@H](O)CC(=C/C=C2\CCC[C@]3(C)C([C@H](C)CCCC(C)(C)O)=CC=CC[C@@H]23)C[C@H]1O. The lowest BCUT2D eigenvalue weighted by Crippen LogP contribution is -2.36. The van der Waals surface area contributed by atoms with Gasteiger partial charge in [0, 0.05) is 5.92 Å². The van der Waals surface area contributed by atoms with Crippen LogP contribution in [0.15, 0.2) is 47.1 Å². The summed E-state index contributed by atoms with van der Waals surface area (Å²) in [5.41, 5.74) is 3.84. The van der Waals surface area contributed by atoms with Crippen LogP contribution in [0.25, 0.3) is 0 Å². The van der Waals surface area contributed by atoms with E-state index in [0.29, 0.717) is 24.7 Å². The lowest BCUT2D eigenvalue weighted by molar-refractivity contribution is 0.00406. The molecule has 0 spiro atoms. The molecule has 0 aromatic carbocycles. The average molecular weight is 443 g/mol. The first-order chi connectivity index (χ1) is 15.0. The summed E-state index contributed by atoms with van der Waals surface area (Å²) in [6.07, 6.45) is 19.6. The van der Waals surface area contributed by atoms with E-state index in [2.05, 4.69) is 44.2 Å². The van der Waals surface area contributed by atoms with E-state index in [1.165, 1.54) is 24.0 Å². The molecule has 3 heteroatoms. The Kier molecular flexibility index (Phi) is 8.28. The molecule has 0 aromatic heterocycles. The van der Waals surface area contributed by atoms with Gasteiger partial charge in [0.25, 0.3) is 0 Å². The largest absolute Gasteiger partial charge is 0.392 e. The maximum atomic E-state index is 10.3. The molecule has 0 saturated heterocycles. The highest BCUT2D eigenvalue weighted by molar-refractivity contribution is 5.34. The van der Waals surface area contributed by atoms with Crippen LogP contribution in [0.5, 0.6) is 0 Å². The lowest BCUT2D eigenvalue weighted by Gasteiger charge is -2.46. The van der Waals surface area contributed by atoms with Crippen molar-refractivity contribution >= 4 is 0 Å². The fourth-order valence-electron chi connectivity index (χ4n) is 6.28. The zero-order valence-electron chi connectivity index (χ0n) is 21.0. The van der Waals surface area contributed by atoms with E-state index in [4.69, 9.17) is 0 Å². The van der Waals surface area contributed by atoms with Crippen molar-refractivity contribution in [3.05, 3.63) is 47.1 Å². The molecule has 3 rings (SSSR count). The van der Waals surface area contributed by atoms with Gasteiger partial charge in [-0.2, -0.15) is 0 Å². The first kappa shape index (κ1) is 25.5. The third kappa shape index (κ3) is 6.04. The van der Waals surface area contributed by atoms with Crippen LogP contribution in [0.3, 0.4) is 0 Å². The van der Waals surface area contributed by atoms with Crippen LogP contribution >= 0.6 is 0 Å².